The number of Topliss-reactive ketones (excluding diaryl/α,β-unsaturated/α-hetero) is 1. The Bertz CT molecular complexity index is 4380. The quantitative estimate of drug-likeness (QED) is 0.0103. The second-order valence-corrected chi connectivity index (χ2v) is 30.5. The van der Waals surface area contributed by atoms with E-state index in [0.29, 0.717) is 84.0 Å². The van der Waals surface area contributed by atoms with E-state index in [1.54, 1.807) is 54.4 Å². The van der Waals surface area contributed by atoms with Crippen LogP contribution in [0.15, 0.2) is 111 Å². The topological polar surface area (TPSA) is 352 Å². The average Bonchev–Trinajstić information content (AvgIpc) is 1.55. The normalized spacial score (nSPS) is 16.7. The highest BCUT2D eigenvalue weighted by molar-refractivity contribution is 14.1. The van der Waals surface area contributed by atoms with Crippen LogP contribution < -0.4 is 37.6 Å². The van der Waals surface area contributed by atoms with E-state index in [1.807, 2.05) is 113 Å². The highest BCUT2D eigenvalue weighted by Gasteiger charge is 2.46. The number of hydrogen-bond acceptors (Lipinski definition) is 21. The molecule has 6 amide bonds. The van der Waals surface area contributed by atoms with E-state index in [2.05, 4.69) is 52.2 Å². The molecule has 8 aromatic rings. The zero-order valence-electron chi connectivity index (χ0n) is 61.5. The summed E-state index contributed by atoms with van der Waals surface area (Å²) in [6.07, 6.45) is 0.0203. The van der Waals surface area contributed by atoms with Gasteiger partial charge >= 0.3 is 0 Å². The second-order valence-electron chi connectivity index (χ2n) is 27.6. The molecule has 108 heavy (non-hydrogen) atoms. The Labute approximate surface area is 646 Å². The number of anilines is 2. The van der Waals surface area contributed by atoms with Gasteiger partial charge in [-0.25, -0.2) is 23.1 Å². The van der Waals surface area contributed by atoms with Crippen LogP contribution in [0.4, 0.5) is 24.5 Å². The van der Waals surface area contributed by atoms with E-state index in [-0.39, 0.29) is 92.1 Å². The summed E-state index contributed by atoms with van der Waals surface area (Å²) >= 11 is 4.98. The van der Waals surface area contributed by atoms with E-state index in [1.165, 1.54) is 33.3 Å². The maximum atomic E-state index is 14.8. The number of amides is 6. The first-order valence-electron chi connectivity index (χ1n) is 35.9. The van der Waals surface area contributed by atoms with Crippen molar-refractivity contribution in [3.63, 3.8) is 0 Å². The van der Waals surface area contributed by atoms with Gasteiger partial charge in [0.2, 0.25) is 35.4 Å². The molecule has 10 N–H and O–H groups in total. The molecule has 2 aliphatic rings. The Morgan fingerprint density at radius 2 is 1.11 bits per heavy atom. The van der Waals surface area contributed by atoms with E-state index < -0.39 is 95.6 Å². The molecule has 0 unspecified atom stereocenters. The molecule has 0 spiro atoms. The van der Waals surface area contributed by atoms with Gasteiger partial charge in [0.05, 0.1) is 92.1 Å². The molecule has 6 heterocycles. The van der Waals surface area contributed by atoms with Gasteiger partial charge in [0, 0.05) is 66.9 Å². The first kappa shape index (κ1) is 83.2. The van der Waals surface area contributed by atoms with Gasteiger partial charge in [0.25, 0.3) is 0 Å². The van der Waals surface area contributed by atoms with Crippen molar-refractivity contribution in [1.29, 1.82) is 0 Å². The number of aromatic nitrogens is 4. The number of hydrogen-bond donors (Lipinski definition) is 9. The van der Waals surface area contributed by atoms with Crippen molar-refractivity contribution in [1.82, 2.24) is 56.7 Å². The van der Waals surface area contributed by atoms with Crippen molar-refractivity contribution in [2.45, 2.75) is 149 Å². The number of carbonyl (C=O) groups excluding carboxylic acids is 7. The molecule has 2 fully saturated rings. The minimum atomic E-state index is -1.31. The number of carbonyl (C=O) groups is 7. The lowest BCUT2D eigenvalue weighted by molar-refractivity contribution is -0.141. The molecule has 2 saturated heterocycles. The number of ketones is 1. The second kappa shape index (κ2) is 39.5. The van der Waals surface area contributed by atoms with Gasteiger partial charge in [-0.05, 0) is 154 Å². The Hall–Kier alpha value is -8.83. The fourth-order valence-corrected chi connectivity index (χ4v) is 15.1. The van der Waals surface area contributed by atoms with Crippen LogP contribution in [-0.4, -0.2) is 165 Å². The van der Waals surface area contributed by atoms with Gasteiger partial charge in [-0.3, -0.25) is 33.6 Å². The number of nitrogens with one attached hydrogen (secondary N) is 6. The molecule has 25 nitrogen and oxygen atoms in total. The van der Waals surface area contributed by atoms with E-state index in [0.717, 1.165) is 50.0 Å². The zero-order valence-corrected chi connectivity index (χ0v) is 65.3. The van der Waals surface area contributed by atoms with Crippen molar-refractivity contribution in [3.8, 4) is 20.9 Å². The Balaban J connectivity index is 0.000000275. The van der Waals surface area contributed by atoms with Crippen molar-refractivity contribution >= 4 is 97.9 Å². The third-order valence-corrected chi connectivity index (χ3v) is 21.2. The Morgan fingerprint density at radius 3 is 1.55 bits per heavy atom. The summed E-state index contributed by atoms with van der Waals surface area (Å²) in [5, 5.41) is 46.7. The lowest BCUT2D eigenvalue weighted by Crippen LogP contribution is -2.49. The lowest BCUT2D eigenvalue weighted by atomic mass is 9.91. The number of halogens is 4. The highest BCUT2D eigenvalue weighted by Crippen LogP contribution is 2.37. The summed E-state index contributed by atoms with van der Waals surface area (Å²) in [7, 11) is 0. The van der Waals surface area contributed by atoms with Crippen LogP contribution in [0.25, 0.3) is 20.9 Å². The van der Waals surface area contributed by atoms with Crippen LogP contribution in [0.3, 0.4) is 0 Å². The molecule has 10 rings (SSSR count). The first-order chi connectivity index (χ1) is 51.7. The summed E-state index contributed by atoms with van der Waals surface area (Å²) in [5.74, 6) is -6.78. The molecule has 4 aromatic heterocycles. The Kier molecular flexibility index (Phi) is 30.4. The molecular formula is C77H93F3IN13O12S2. The van der Waals surface area contributed by atoms with Gasteiger partial charge in [-0.1, -0.05) is 86.5 Å². The first-order valence-corrected chi connectivity index (χ1v) is 38.7. The van der Waals surface area contributed by atoms with Crippen LogP contribution >= 0.6 is 45.3 Å². The molecule has 31 heteroatoms. The molecule has 0 saturated carbocycles. The average molecular weight is 1640 g/mol. The number of likely N-dealkylation sites (tertiary alicyclic amines) is 2. The maximum Gasteiger partial charge on any atom is 0.243 e. The number of ether oxygens (including phenoxy) is 1. The standard InChI is InChI=1S/C47H53F3IN7O7S.C30H40N6O5S/c1-26(2)42(40-19-27(3)57-65-40)47(63)58-23-32(59)21-38(58)46(62)56-37(29-7-9-30(10-8-29)45-28(4)54-25-66-45)22-41(61)53-17-5-15-52-16-6-18-64-24-39(60)33-12-13-34(48)43(50)44(33)55-36-14-11-31(51)20-35(36)49;1-17(2)27(25-12-18(3)35-41-25)30(40)36-15-22(37)13-24(36)29(39)34-23(14-26(38)32-11-5-10-31)20-6-8-21(9-7-20)28-19(4)33-16-42-28/h7-14,19-20,25-26,32,37-38,42,52,55,59H,5-6,15-18,21-24H2,1-4H3,(H,53,61)(H,56,62);6-9,12,16-17,22-24,27,37H,5,10-11,13-15,31H2,1-4H3,(H,32,38)(H,34,39)/t32-,37+,38+,42-;22-,23+,24+,27-/m11/s1. The molecular weight excluding hydrogens is 1550 g/mol. The van der Waals surface area contributed by atoms with Gasteiger partial charge < -0.3 is 71.4 Å². The molecule has 578 valence electrons. The molecule has 0 aliphatic carbocycles. The number of aryl methyl sites for hydroxylation is 4. The lowest BCUT2D eigenvalue weighted by Gasteiger charge is -2.30. The summed E-state index contributed by atoms with van der Waals surface area (Å²) in [4.78, 5) is 108. The van der Waals surface area contributed by atoms with Crippen LogP contribution in [0.2, 0.25) is 0 Å². The highest BCUT2D eigenvalue weighted by atomic mass is 127. The predicted octanol–water partition coefficient (Wildman–Crippen LogP) is 10.3. The van der Waals surface area contributed by atoms with Crippen LogP contribution in [0, 0.1) is 60.6 Å². The van der Waals surface area contributed by atoms with Crippen LogP contribution in [0.1, 0.15) is 152 Å². The third kappa shape index (κ3) is 22.2. The summed E-state index contributed by atoms with van der Waals surface area (Å²) < 4.78 is 60.3. The van der Waals surface area contributed by atoms with Crippen molar-refractivity contribution in [2.75, 3.05) is 64.3 Å². The number of thiazole rings is 2. The summed E-state index contributed by atoms with van der Waals surface area (Å²) in [6, 6.07) is 21.5. The third-order valence-electron chi connectivity index (χ3n) is 18.6. The number of β-amino-alcohol motifs (C(OH)–C–C–N with tert-alkyl or cyclic N) is 2. The molecule has 0 radical (unpaired) electrons. The van der Waals surface area contributed by atoms with Crippen LogP contribution in [0.5, 0.6) is 0 Å². The molecule has 2 aliphatic heterocycles. The predicted molar refractivity (Wildman–Crippen MR) is 411 cm³/mol. The van der Waals surface area contributed by atoms with Gasteiger partial charge in [0.1, 0.15) is 47.9 Å². The summed E-state index contributed by atoms with van der Waals surface area (Å²) in [6.45, 7) is 17.1. The number of aliphatic hydroxyl groups excluding tert-OH is 2. The largest absolute Gasteiger partial charge is 0.391 e. The molecule has 4 aromatic carbocycles. The monoisotopic (exact) mass is 1640 g/mol. The summed E-state index contributed by atoms with van der Waals surface area (Å²) in [5.41, 5.74) is 14.8. The fraction of sp³-hybridized carbons (Fsp3) is 0.442. The van der Waals surface area contributed by atoms with E-state index in [4.69, 9.17) is 19.5 Å². The van der Waals surface area contributed by atoms with Gasteiger partial charge in [-0.2, -0.15) is 0 Å². The van der Waals surface area contributed by atoms with Crippen molar-refractivity contribution in [3.05, 3.63) is 174 Å². The number of benzene rings is 4. The van der Waals surface area contributed by atoms with Crippen molar-refractivity contribution in [2.24, 2.45) is 17.6 Å². The number of nitrogens with zero attached hydrogens (tertiary/aromatic N) is 6. The number of aliphatic hydroxyl groups is 2. The maximum absolute atomic E-state index is 14.8. The minimum absolute atomic E-state index is 0.00439. The van der Waals surface area contributed by atoms with Gasteiger partial charge in [-0.15, -0.1) is 22.7 Å². The Morgan fingerprint density at radius 1 is 0.630 bits per heavy atom. The van der Waals surface area contributed by atoms with E-state index in [9.17, 15) is 56.9 Å². The fourth-order valence-electron chi connectivity index (χ4n) is 13.0. The number of nitrogens with two attached hydrogens (primary N) is 1. The van der Waals surface area contributed by atoms with Crippen molar-refractivity contribution < 1.29 is 70.7 Å². The smallest absolute Gasteiger partial charge is 0.243 e. The molecule has 8 atom stereocenters. The minimum Gasteiger partial charge on any atom is -0.391 e. The van der Waals surface area contributed by atoms with E-state index >= 15 is 0 Å². The SMILES string of the molecule is Cc1cc([C@H](C(=O)N2C[C@H](O)C[C@H]2C(=O)N[C@@H](CC(=O)NCCCN)c2ccc(-c3scnc3C)cc2)C(C)C)on1.Cc1cc([C@H](C(=O)N2C[C@H](O)C[C@H]2C(=O)N[C@@H](CC(=O)NCCCNCCCOCC(=O)c2ccc(F)c(F)c2Nc2ccc(I)cc2F)c2ccc(-c3scnc3C)cc2)C(C)C)on1. The van der Waals surface area contributed by atoms with Gasteiger partial charge in [0.15, 0.2) is 17.4 Å². The van der Waals surface area contributed by atoms with Crippen LogP contribution in [-0.2, 0) is 33.5 Å². The zero-order chi connectivity index (χ0) is 77.9. The number of rotatable bonds is 34. The molecule has 0 bridgehead atoms.